The van der Waals surface area contributed by atoms with Crippen molar-refractivity contribution in [3.05, 3.63) is 65.2 Å². The van der Waals surface area contributed by atoms with Crippen molar-refractivity contribution in [2.45, 2.75) is 19.3 Å². The molecule has 0 saturated carbocycles. The smallest absolute Gasteiger partial charge is 0.122 e. The van der Waals surface area contributed by atoms with Gasteiger partial charge in [0, 0.05) is 5.33 Å². The lowest BCUT2D eigenvalue weighted by Crippen LogP contribution is -2.06. The minimum Gasteiger partial charge on any atom is -0.496 e. The molecule has 0 aliphatic carbocycles. The topological polar surface area (TPSA) is 9.23 Å². The van der Waals surface area contributed by atoms with Crippen LogP contribution in [0.4, 0.5) is 0 Å². The van der Waals surface area contributed by atoms with Gasteiger partial charge in [0.2, 0.25) is 0 Å². The SMILES string of the molecule is COc1ccccc1CC(CBr)c1cccc(C)c1. The fourth-order valence-electron chi connectivity index (χ4n) is 2.32. The lowest BCUT2D eigenvalue weighted by molar-refractivity contribution is 0.408. The predicted molar refractivity (Wildman–Crippen MR) is 84.4 cm³/mol. The number of para-hydroxylation sites is 1. The van der Waals surface area contributed by atoms with Crippen molar-refractivity contribution < 1.29 is 4.74 Å². The molecule has 0 heterocycles. The van der Waals surface area contributed by atoms with Crippen molar-refractivity contribution in [3.8, 4) is 5.75 Å². The highest BCUT2D eigenvalue weighted by Crippen LogP contribution is 2.28. The van der Waals surface area contributed by atoms with Crippen molar-refractivity contribution in [1.29, 1.82) is 0 Å². The quantitative estimate of drug-likeness (QED) is 0.724. The molecular weight excluding hydrogens is 300 g/mol. The van der Waals surface area contributed by atoms with E-state index in [9.17, 15) is 0 Å². The predicted octanol–water partition coefficient (Wildman–Crippen LogP) is 4.72. The van der Waals surface area contributed by atoms with Gasteiger partial charge in [0.05, 0.1) is 7.11 Å². The van der Waals surface area contributed by atoms with Gasteiger partial charge in [0.15, 0.2) is 0 Å². The van der Waals surface area contributed by atoms with Crippen LogP contribution in [0.2, 0.25) is 0 Å². The molecular formula is C17H19BrO. The molecule has 2 heteroatoms. The van der Waals surface area contributed by atoms with Crippen LogP contribution in [0.15, 0.2) is 48.5 Å². The summed E-state index contributed by atoms with van der Waals surface area (Å²) in [6.45, 7) is 2.14. The molecule has 2 aromatic rings. The standard InChI is InChI=1S/C17H19BrO/c1-13-6-5-8-14(10-13)16(12-18)11-15-7-3-4-9-17(15)19-2/h3-10,16H,11-12H2,1-2H3. The summed E-state index contributed by atoms with van der Waals surface area (Å²) in [5.41, 5.74) is 3.95. The maximum absolute atomic E-state index is 5.44. The zero-order valence-electron chi connectivity index (χ0n) is 11.4. The van der Waals surface area contributed by atoms with Crippen molar-refractivity contribution >= 4 is 15.9 Å². The van der Waals surface area contributed by atoms with E-state index in [-0.39, 0.29) is 0 Å². The first-order chi connectivity index (χ1) is 9.24. The number of benzene rings is 2. The second-order valence-corrected chi connectivity index (χ2v) is 5.43. The molecule has 0 spiro atoms. The van der Waals surface area contributed by atoms with Gasteiger partial charge in [-0.2, -0.15) is 0 Å². The third-order valence-electron chi connectivity index (χ3n) is 3.36. The van der Waals surface area contributed by atoms with Crippen LogP contribution in [0, 0.1) is 6.92 Å². The minimum atomic E-state index is 0.469. The Hall–Kier alpha value is -1.28. The van der Waals surface area contributed by atoms with Gasteiger partial charge in [-0.05, 0) is 36.5 Å². The average Bonchev–Trinajstić information content (AvgIpc) is 2.45. The summed E-state index contributed by atoms with van der Waals surface area (Å²) in [7, 11) is 1.73. The van der Waals surface area contributed by atoms with E-state index in [0.717, 1.165) is 17.5 Å². The highest BCUT2D eigenvalue weighted by atomic mass is 79.9. The lowest BCUT2D eigenvalue weighted by atomic mass is 9.92. The number of methoxy groups -OCH3 is 1. The van der Waals surface area contributed by atoms with Gasteiger partial charge in [-0.25, -0.2) is 0 Å². The molecule has 0 saturated heterocycles. The Morgan fingerprint density at radius 2 is 1.89 bits per heavy atom. The third-order valence-corrected chi connectivity index (χ3v) is 4.14. The number of hydrogen-bond donors (Lipinski definition) is 0. The summed E-state index contributed by atoms with van der Waals surface area (Å²) in [4.78, 5) is 0. The molecule has 0 aliphatic heterocycles. The molecule has 0 bridgehead atoms. The first-order valence-corrected chi connectivity index (χ1v) is 7.61. The number of ether oxygens (including phenoxy) is 1. The molecule has 0 N–H and O–H groups in total. The Labute approximate surface area is 123 Å². The maximum atomic E-state index is 5.44. The summed E-state index contributed by atoms with van der Waals surface area (Å²) >= 11 is 3.64. The molecule has 0 aliphatic rings. The van der Waals surface area contributed by atoms with Gasteiger partial charge < -0.3 is 4.74 Å². The van der Waals surface area contributed by atoms with Gasteiger partial charge >= 0.3 is 0 Å². The first kappa shape index (κ1) is 14.1. The Bertz CT molecular complexity index is 536. The average molecular weight is 319 g/mol. The van der Waals surface area contributed by atoms with Crippen LogP contribution in [0.3, 0.4) is 0 Å². The molecule has 100 valence electrons. The molecule has 1 unspecified atom stereocenters. The molecule has 1 atom stereocenters. The first-order valence-electron chi connectivity index (χ1n) is 6.49. The number of aryl methyl sites for hydroxylation is 1. The van der Waals surface area contributed by atoms with Gasteiger partial charge in [-0.15, -0.1) is 0 Å². The zero-order valence-corrected chi connectivity index (χ0v) is 13.0. The molecule has 2 aromatic carbocycles. The largest absolute Gasteiger partial charge is 0.496 e. The van der Waals surface area contributed by atoms with Crippen LogP contribution in [-0.2, 0) is 6.42 Å². The molecule has 0 radical (unpaired) electrons. The van der Waals surface area contributed by atoms with Crippen LogP contribution in [-0.4, -0.2) is 12.4 Å². The van der Waals surface area contributed by atoms with Crippen LogP contribution in [0.1, 0.15) is 22.6 Å². The van der Waals surface area contributed by atoms with Gasteiger partial charge in [-0.3, -0.25) is 0 Å². The van der Waals surface area contributed by atoms with Crippen molar-refractivity contribution in [1.82, 2.24) is 0 Å². The summed E-state index contributed by atoms with van der Waals surface area (Å²) in [5, 5.41) is 0.953. The Morgan fingerprint density at radius 3 is 2.58 bits per heavy atom. The van der Waals surface area contributed by atoms with Crippen LogP contribution >= 0.6 is 15.9 Å². The molecule has 2 rings (SSSR count). The molecule has 0 aromatic heterocycles. The Morgan fingerprint density at radius 1 is 1.11 bits per heavy atom. The molecule has 1 nitrogen and oxygen atoms in total. The normalized spacial score (nSPS) is 12.2. The molecule has 0 fully saturated rings. The number of alkyl halides is 1. The summed E-state index contributed by atoms with van der Waals surface area (Å²) in [6, 6.07) is 17.0. The fraction of sp³-hybridized carbons (Fsp3) is 0.294. The van der Waals surface area contributed by atoms with Gasteiger partial charge in [0.25, 0.3) is 0 Å². The second-order valence-electron chi connectivity index (χ2n) is 4.78. The Balaban J connectivity index is 2.24. The van der Waals surface area contributed by atoms with E-state index in [2.05, 4.69) is 59.3 Å². The monoisotopic (exact) mass is 318 g/mol. The Kier molecular flexibility index (Phi) is 5.03. The third kappa shape index (κ3) is 3.60. The van der Waals surface area contributed by atoms with Crippen LogP contribution in [0.25, 0.3) is 0 Å². The number of hydrogen-bond acceptors (Lipinski definition) is 1. The van der Waals surface area contributed by atoms with Crippen molar-refractivity contribution in [2.24, 2.45) is 0 Å². The summed E-state index contributed by atoms with van der Waals surface area (Å²) < 4.78 is 5.44. The van der Waals surface area contributed by atoms with E-state index >= 15 is 0 Å². The fourth-order valence-corrected chi connectivity index (χ4v) is 2.93. The van der Waals surface area contributed by atoms with Gasteiger partial charge in [-0.1, -0.05) is 64.0 Å². The highest BCUT2D eigenvalue weighted by Gasteiger charge is 2.13. The van der Waals surface area contributed by atoms with Crippen molar-refractivity contribution in [2.75, 3.05) is 12.4 Å². The van der Waals surface area contributed by atoms with Gasteiger partial charge in [0.1, 0.15) is 5.75 Å². The number of rotatable bonds is 5. The maximum Gasteiger partial charge on any atom is 0.122 e. The van der Waals surface area contributed by atoms with E-state index in [0.29, 0.717) is 5.92 Å². The van der Waals surface area contributed by atoms with E-state index in [1.165, 1.54) is 16.7 Å². The summed E-state index contributed by atoms with van der Waals surface area (Å²) in [6.07, 6.45) is 0.985. The molecule has 19 heavy (non-hydrogen) atoms. The van der Waals surface area contributed by atoms with Crippen LogP contribution in [0.5, 0.6) is 5.75 Å². The van der Waals surface area contributed by atoms with E-state index in [1.807, 2.05) is 12.1 Å². The van der Waals surface area contributed by atoms with Crippen LogP contribution < -0.4 is 4.74 Å². The highest BCUT2D eigenvalue weighted by molar-refractivity contribution is 9.09. The lowest BCUT2D eigenvalue weighted by Gasteiger charge is -2.17. The summed E-state index contributed by atoms with van der Waals surface area (Å²) in [5.74, 6) is 1.44. The number of halogens is 1. The second kappa shape index (κ2) is 6.76. The zero-order chi connectivity index (χ0) is 13.7. The van der Waals surface area contributed by atoms with E-state index in [4.69, 9.17) is 4.74 Å². The van der Waals surface area contributed by atoms with E-state index < -0.39 is 0 Å². The minimum absolute atomic E-state index is 0.469. The van der Waals surface area contributed by atoms with Crippen molar-refractivity contribution in [3.63, 3.8) is 0 Å². The molecule has 0 amide bonds. The van der Waals surface area contributed by atoms with E-state index in [1.54, 1.807) is 7.11 Å².